The van der Waals surface area contributed by atoms with Gasteiger partial charge in [-0.05, 0) is 34.8 Å². The Balaban J connectivity index is 2.68. The third-order valence-electron chi connectivity index (χ3n) is 2.52. The Hall–Kier alpha value is -0.610. The van der Waals surface area contributed by atoms with Crippen LogP contribution in [0.4, 0.5) is 0 Å². The maximum atomic E-state index is 11.4. The second-order valence-corrected chi connectivity index (χ2v) is 4.44. The first kappa shape index (κ1) is 8.97. The highest BCUT2D eigenvalue weighted by Crippen LogP contribution is 2.44. The zero-order valence-corrected chi connectivity index (χ0v) is 8.97. The van der Waals surface area contributed by atoms with Crippen molar-refractivity contribution in [3.05, 3.63) is 32.7 Å². The molecule has 70 valence electrons. The summed E-state index contributed by atoms with van der Waals surface area (Å²) in [6.45, 7) is 0. The molecule has 0 aliphatic heterocycles. The van der Waals surface area contributed by atoms with E-state index in [9.17, 15) is 4.79 Å². The van der Waals surface area contributed by atoms with Gasteiger partial charge in [-0.1, -0.05) is 0 Å². The minimum absolute atomic E-state index is 0.00470. The second kappa shape index (κ2) is 2.69. The first-order valence-corrected chi connectivity index (χ1v) is 4.99. The topological polar surface area (TPSA) is 48.0 Å². The molecule has 1 aromatic heterocycles. The third kappa shape index (κ3) is 1.34. The van der Waals surface area contributed by atoms with E-state index in [1.54, 1.807) is 23.7 Å². The molecule has 13 heavy (non-hydrogen) atoms. The van der Waals surface area contributed by atoms with Gasteiger partial charge in [0.25, 0.3) is 5.56 Å². The van der Waals surface area contributed by atoms with E-state index >= 15 is 0 Å². The quantitative estimate of drug-likeness (QED) is 0.802. The summed E-state index contributed by atoms with van der Waals surface area (Å²) in [6, 6.07) is 3.31. The Bertz CT molecular complexity index is 407. The van der Waals surface area contributed by atoms with Crippen molar-refractivity contribution in [2.45, 2.75) is 18.4 Å². The summed E-state index contributed by atoms with van der Waals surface area (Å²) in [7, 11) is 1.76. The summed E-state index contributed by atoms with van der Waals surface area (Å²) in [5.41, 5.74) is 6.69. The van der Waals surface area contributed by atoms with E-state index in [1.807, 2.05) is 0 Å². The van der Waals surface area contributed by atoms with Gasteiger partial charge in [0.2, 0.25) is 0 Å². The highest BCUT2D eigenvalue weighted by Gasteiger charge is 2.43. The fourth-order valence-electron chi connectivity index (χ4n) is 1.55. The van der Waals surface area contributed by atoms with Crippen molar-refractivity contribution in [2.24, 2.45) is 12.8 Å². The molecule has 4 heteroatoms. The van der Waals surface area contributed by atoms with Crippen molar-refractivity contribution in [3.8, 4) is 0 Å². The number of hydrogen-bond acceptors (Lipinski definition) is 2. The molecule has 2 N–H and O–H groups in total. The molecule has 0 saturated heterocycles. The molecule has 0 aromatic carbocycles. The minimum Gasteiger partial charge on any atom is -0.320 e. The van der Waals surface area contributed by atoms with E-state index in [0.717, 1.165) is 23.0 Å². The highest BCUT2D eigenvalue weighted by molar-refractivity contribution is 9.10. The zero-order chi connectivity index (χ0) is 9.64. The van der Waals surface area contributed by atoms with Crippen LogP contribution in [-0.2, 0) is 12.6 Å². The number of rotatable bonds is 1. The van der Waals surface area contributed by atoms with Gasteiger partial charge in [0.05, 0.1) is 11.2 Å². The fraction of sp³-hybridized carbons (Fsp3) is 0.444. The predicted octanol–water partition coefficient (Wildman–Crippen LogP) is 1.10. The van der Waals surface area contributed by atoms with Crippen LogP contribution in [0.3, 0.4) is 0 Å². The molecule has 2 rings (SSSR count). The first-order chi connectivity index (χ1) is 6.04. The molecule has 0 spiro atoms. The van der Waals surface area contributed by atoms with E-state index < -0.39 is 0 Å². The molecule has 1 saturated carbocycles. The Kier molecular flexibility index (Phi) is 1.85. The van der Waals surface area contributed by atoms with Crippen LogP contribution in [0.2, 0.25) is 0 Å². The zero-order valence-electron chi connectivity index (χ0n) is 7.38. The van der Waals surface area contributed by atoms with Gasteiger partial charge in [-0.2, -0.15) is 0 Å². The lowest BCUT2D eigenvalue weighted by Gasteiger charge is -2.15. The van der Waals surface area contributed by atoms with Crippen molar-refractivity contribution in [1.29, 1.82) is 0 Å². The minimum atomic E-state index is -0.270. The Morgan fingerprint density at radius 2 is 2.15 bits per heavy atom. The number of pyridine rings is 1. The monoisotopic (exact) mass is 242 g/mol. The SMILES string of the molecule is Cn1c(C2(N)CC2)c(Br)ccc1=O. The van der Waals surface area contributed by atoms with Gasteiger partial charge in [-0.3, -0.25) is 4.79 Å². The largest absolute Gasteiger partial charge is 0.320 e. The molecule has 1 aliphatic rings. The molecular formula is C9H11BrN2O. The molecule has 0 radical (unpaired) electrons. The van der Waals surface area contributed by atoms with Crippen LogP contribution >= 0.6 is 15.9 Å². The van der Waals surface area contributed by atoms with Crippen LogP contribution in [0.1, 0.15) is 18.5 Å². The third-order valence-corrected chi connectivity index (χ3v) is 3.16. The average Bonchev–Trinajstić information content (AvgIpc) is 2.78. The fourth-order valence-corrected chi connectivity index (χ4v) is 2.34. The van der Waals surface area contributed by atoms with E-state index in [-0.39, 0.29) is 11.1 Å². The van der Waals surface area contributed by atoms with E-state index in [2.05, 4.69) is 15.9 Å². The van der Waals surface area contributed by atoms with Crippen LogP contribution in [0.5, 0.6) is 0 Å². The van der Waals surface area contributed by atoms with Crippen molar-refractivity contribution in [2.75, 3.05) is 0 Å². The number of halogens is 1. The number of aromatic nitrogens is 1. The lowest BCUT2D eigenvalue weighted by Crippen LogP contribution is -2.30. The smallest absolute Gasteiger partial charge is 0.250 e. The van der Waals surface area contributed by atoms with Crippen LogP contribution in [-0.4, -0.2) is 4.57 Å². The van der Waals surface area contributed by atoms with Crippen LogP contribution in [0.15, 0.2) is 21.4 Å². The molecule has 1 fully saturated rings. The van der Waals surface area contributed by atoms with Crippen molar-refractivity contribution in [1.82, 2.24) is 4.57 Å². The summed E-state index contributed by atoms with van der Waals surface area (Å²) in [6.07, 6.45) is 1.92. The molecule has 0 bridgehead atoms. The van der Waals surface area contributed by atoms with Gasteiger partial charge in [0.15, 0.2) is 0 Å². The molecule has 0 unspecified atom stereocenters. The molecular weight excluding hydrogens is 232 g/mol. The van der Waals surface area contributed by atoms with Gasteiger partial charge in [-0.15, -0.1) is 0 Å². The van der Waals surface area contributed by atoms with Gasteiger partial charge < -0.3 is 10.3 Å². The van der Waals surface area contributed by atoms with Gasteiger partial charge >= 0.3 is 0 Å². The van der Waals surface area contributed by atoms with E-state index in [0.29, 0.717) is 0 Å². The molecule has 1 aliphatic carbocycles. The Morgan fingerprint density at radius 1 is 1.54 bits per heavy atom. The van der Waals surface area contributed by atoms with Gasteiger partial charge in [0.1, 0.15) is 0 Å². The normalized spacial score (nSPS) is 18.7. The number of hydrogen-bond donors (Lipinski definition) is 1. The number of nitrogens with zero attached hydrogens (tertiary/aromatic N) is 1. The summed E-state index contributed by atoms with van der Waals surface area (Å²) in [4.78, 5) is 11.4. The highest BCUT2D eigenvalue weighted by atomic mass is 79.9. The predicted molar refractivity (Wildman–Crippen MR) is 54.5 cm³/mol. The first-order valence-electron chi connectivity index (χ1n) is 4.19. The summed E-state index contributed by atoms with van der Waals surface area (Å²) < 4.78 is 2.55. The molecule has 0 amide bonds. The molecule has 3 nitrogen and oxygen atoms in total. The molecule has 0 atom stereocenters. The standard InChI is InChI=1S/C9H11BrN2O/c1-12-7(13)3-2-6(10)8(12)9(11)4-5-9/h2-3H,4-5,11H2,1H3. The summed E-state index contributed by atoms with van der Waals surface area (Å²) in [5, 5.41) is 0. The van der Waals surface area contributed by atoms with Crippen LogP contribution in [0, 0.1) is 0 Å². The van der Waals surface area contributed by atoms with Crippen molar-refractivity contribution in [3.63, 3.8) is 0 Å². The van der Waals surface area contributed by atoms with E-state index in [4.69, 9.17) is 5.73 Å². The summed E-state index contributed by atoms with van der Waals surface area (Å²) in [5.74, 6) is 0. The Morgan fingerprint density at radius 3 is 2.69 bits per heavy atom. The average molecular weight is 243 g/mol. The second-order valence-electron chi connectivity index (χ2n) is 3.58. The van der Waals surface area contributed by atoms with Crippen molar-refractivity contribution >= 4 is 15.9 Å². The van der Waals surface area contributed by atoms with Crippen molar-refractivity contribution < 1.29 is 0 Å². The van der Waals surface area contributed by atoms with Gasteiger partial charge in [-0.25, -0.2) is 0 Å². The Labute approximate surface area is 84.7 Å². The van der Waals surface area contributed by atoms with Crippen LogP contribution < -0.4 is 11.3 Å². The molecule has 1 heterocycles. The summed E-state index contributed by atoms with van der Waals surface area (Å²) >= 11 is 3.42. The molecule has 1 aromatic rings. The maximum Gasteiger partial charge on any atom is 0.250 e. The van der Waals surface area contributed by atoms with E-state index in [1.165, 1.54) is 0 Å². The van der Waals surface area contributed by atoms with Gasteiger partial charge in [0, 0.05) is 17.6 Å². The maximum absolute atomic E-state index is 11.4. The number of nitrogens with two attached hydrogens (primary N) is 1. The lowest BCUT2D eigenvalue weighted by molar-refractivity contribution is 0.630. The van der Waals surface area contributed by atoms with Crippen LogP contribution in [0.25, 0.3) is 0 Å². The lowest BCUT2D eigenvalue weighted by atomic mass is 10.1.